The SMILES string of the molecule is CC1CCC(C)N(C(CN)c2csc3ccccc23)C1. The van der Waals surface area contributed by atoms with Crippen LogP contribution in [0.15, 0.2) is 29.6 Å². The zero-order valence-electron chi connectivity index (χ0n) is 12.4. The number of likely N-dealkylation sites (tertiary alicyclic amines) is 1. The molecule has 0 amide bonds. The molecule has 1 aliphatic heterocycles. The molecule has 1 aliphatic rings. The third kappa shape index (κ3) is 2.50. The smallest absolute Gasteiger partial charge is 0.0487 e. The van der Waals surface area contributed by atoms with E-state index in [0.29, 0.717) is 18.6 Å². The molecule has 0 bridgehead atoms. The minimum Gasteiger partial charge on any atom is -0.329 e. The van der Waals surface area contributed by atoms with E-state index in [1.165, 1.54) is 35.0 Å². The van der Waals surface area contributed by atoms with E-state index in [9.17, 15) is 0 Å². The summed E-state index contributed by atoms with van der Waals surface area (Å²) in [5.74, 6) is 0.783. The first-order chi connectivity index (χ1) is 9.70. The Bertz CT molecular complexity index is 577. The Balaban J connectivity index is 1.96. The van der Waals surface area contributed by atoms with Gasteiger partial charge in [0, 0.05) is 29.9 Å². The van der Waals surface area contributed by atoms with Gasteiger partial charge in [0.2, 0.25) is 0 Å². The zero-order chi connectivity index (χ0) is 14.1. The summed E-state index contributed by atoms with van der Waals surface area (Å²) in [6.45, 7) is 6.59. The fourth-order valence-corrected chi connectivity index (χ4v) is 4.46. The Morgan fingerprint density at radius 1 is 1.30 bits per heavy atom. The van der Waals surface area contributed by atoms with Gasteiger partial charge in [-0.3, -0.25) is 4.90 Å². The molecule has 0 saturated carbocycles. The van der Waals surface area contributed by atoms with Crippen LogP contribution in [0.4, 0.5) is 0 Å². The Kier molecular flexibility index (Phi) is 4.11. The van der Waals surface area contributed by atoms with Crippen LogP contribution in [0.25, 0.3) is 10.1 Å². The first-order valence-corrected chi connectivity index (χ1v) is 8.50. The number of hydrogen-bond donors (Lipinski definition) is 1. The van der Waals surface area contributed by atoms with E-state index in [1.54, 1.807) is 0 Å². The topological polar surface area (TPSA) is 29.3 Å². The summed E-state index contributed by atoms with van der Waals surface area (Å²) in [7, 11) is 0. The lowest BCUT2D eigenvalue weighted by molar-refractivity contribution is 0.0806. The Labute approximate surface area is 125 Å². The highest BCUT2D eigenvalue weighted by Gasteiger charge is 2.30. The van der Waals surface area contributed by atoms with Gasteiger partial charge in [-0.25, -0.2) is 0 Å². The van der Waals surface area contributed by atoms with Gasteiger partial charge in [0.1, 0.15) is 0 Å². The molecule has 1 aromatic carbocycles. The minimum atomic E-state index is 0.365. The van der Waals surface area contributed by atoms with Crippen molar-refractivity contribution >= 4 is 21.4 Å². The van der Waals surface area contributed by atoms with Crippen LogP contribution in [0, 0.1) is 5.92 Å². The van der Waals surface area contributed by atoms with Crippen molar-refractivity contribution in [3.63, 3.8) is 0 Å². The largest absolute Gasteiger partial charge is 0.329 e. The molecule has 1 aromatic heterocycles. The predicted molar refractivity (Wildman–Crippen MR) is 88.2 cm³/mol. The van der Waals surface area contributed by atoms with Gasteiger partial charge in [-0.05, 0) is 48.1 Å². The first kappa shape index (κ1) is 14.1. The van der Waals surface area contributed by atoms with E-state index >= 15 is 0 Å². The van der Waals surface area contributed by atoms with E-state index in [1.807, 2.05) is 11.3 Å². The monoisotopic (exact) mass is 288 g/mol. The van der Waals surface area contributed by atoms with Gasteiger partial charge < -0.3 is 5.73 Å². The number of hydrogen-bond acceptors (Lipinski definition) is 3. The summed E-state index contributed by atoms with van der Waals surface area (Å²) in [5.41, 5.74) is 7.58. The van der Waals surface area contributed by atoms with E-state index < -0.39 is 0 Å². The second kappa shape index (κ2) is 5.84. The van der Waals surface area contributed by atoms with Crippen molar-refractivity contribution in [1.29, 1.82) is 0 Å². The number of thiophene rings is 1. The van der Waals surface area contributed by atoms with Crippen LogP contribution < -0.4 is 5.73 Å². The molecule has 3 unspecified atom stereocenters. The fourth-order valence-electron chi connectivity index (χ4n) is 3.45. The number of benzene rings is 1. The highest BCUT2D eigenvalue weighted by atomic mass is 32.1. The number of fused-ring (bicyclic) bond motifs is 1. The van der Waals surface area contributed by atoms with Gasteiger partial charge in [-0.2, -0.15) is 0 Å². The third-order valence-electron chi connectivity index (χ3n) is 4.66. The van der Waals surface area contributed by atoms with Crippen LogP contribution in [0.2, 0.25) is 0 Å². The summed E-state index contributed by atoms with van der Waals surface area (Å²) < 4.78 is 1.37. The van der Waals surface area contributed by atoms with E-state index in [2.05, 4.69) is 48.4 Å². The van der Waals surface area contributed by atoms with Gasteiger partial charge in [-0.1, -0.05) is 25.1 Å². The molecule has 2 nitrogen and oxygen atoms in total. The maximum absolute atomic E-state index is 6.16. The first-order valence-electron chi connectivity index (χ1n) is 7.62. The second-order valence-corrected chi connectivity index (χ2v) is 7.08. The van der Waals surface area contributed by atoms with Crippen molar-refractivity contribution in [3.05, 3.63) is 35.2 Å². The maximum atomic E-state index is 6.16. The molecule has 0 radical (unpaired) electrons. The van der Waals surface area contributed by atoms with Crippen LogP contribution in [0.3, 0.4) is 0 Å². The molecule has 1 fully saturated rings. The van der Waals surface area contributed by atoms with Crippen molar-refractivity contribution in [2.45, 2.75) is 38.8 Å². The molecule has 0 spiro atoms. The third-order valence-corrected chi connectivity index (χ3v) is 5.64. The Morgan fingerprint density at radius 2 is 2.10 bits per heavy atom. The van der Waals surface area contributed by atoms with Crippen molar-refractivity contribution in [1.82, 2.24) is 4.90 Å². The van der Waals surface area contributed by atoms with Gasteiger partial charge >= 0.3 is 0 Å². The highest BCUT2D eigenvalue weighted by Crippen LogP contribution is 2.36. The Hall–Kier alpha value is -0.900. The summed E-state index contributed by atoms with van der Waals surface area (Å²) in [5, 5.41) is 3.70. The van der Waals surface area contributed by atoms with Gasteiger partial charge in [-0.15, -0.1) is 11.3 Å². The lowest BCUT2D eigenvalue weighted by atomic mass is 9.91. The normalized spacial score (nSPS) is 25.9. The number of nitrogens with two attached hydrogens (primary N) is 1. The second-order valence-electron chi connectivity index (χ2n) is 6.17. The average Bonchev–Trinajstić information content (AvgIpc) is 2.88. The van der Waals surface area contributed by atoms with Gasteiger partial charge in [0.25, 0.3) is 0 Å². The molecule has 3 heteroatoms. The van der Waals surface area contributed by atoms with E-state index in [4.69, 9.17) is 5.73 Å². The highest BCUT2D eigenvalue weighted by molar-refractivity contribution is 7.17. The molecule has 20 heavy (non-hydrogen) atoms. The molecular weight excluding hydrogens is 264 g/mol. The molecule has 108 valence electrons. The maximum Gasteiger partial charge on any atom is 0.0487 e. The fraction of sp³-hybridized carbons (Fsp3) is 0.529. The zero-order valence-corrected chi connectivity index (χ0v) is 13.2. The molecule has 1 saturated heterocycles. The molecule has 2 aromatic rings. The lowest BCUT2D eigenvalue weighted by Crippen LogP contribution is -2.45. The summed E-state index contributed by atoms with van der Waals surface area (Å²) in [4.78, 5) is 2.63. The standard InChI is InChI=1S/C17H24N2S/c1-12-7-8-13(2)19(10-12)16(9-18)15-11-20-17-6-4-3-5-14(15)17/h3-6,11-13,16H,7-10,18H2,1-2H3. The number of piperidine rings is 1. The van der Waals surface area contributed by atoms with E-state index in [-0.39, 0.29) is 0 Å². The van der Waals surface area contributed by atoms with Crippen molar-refractivity contribution in [3.8, 4) is 0 Å². The molecular formula is C17H24N2S. The predicted octanol–water partition coefficient (Wildman–Crippen LogP) is 4.02. The van der Waals surface area contributed by atoms with Gasteiger partial charge in [0.15, 0.2) is 0 Å². The summed E-state index contributed by atoms with van der Waals surface area (Å²) in [6.07, 6.45) is 2.64. The average molecular weight is 288 g/mol. The summed E-state index contributed by atoms with van der Waals surface area (Å²) >= 11 is 1.84. The number of rotatable bonds is 3. The number of nitrogens with zero attached hydrogens (tertiary/aromatic N) is 1. The van der Waals surface area contributed by atoms with Crippen LogP contribution in [-0.2, 0) is 0 Å². The van der Waals surface area contributed by atoms with Crippen molar-refractivity contribution in [2.24, 2.45) is 11.7 Å². The molecule has 0 aliphatic carbocycles. The molecule has 2 N–H and O–H groups in total. The van der Waals surface area contributed by atoms with Crippen LogP contribution in [0.1, 0.15) is 38.3 Å². The van der Waals surface area contributed by atoms with Crippen molar-refractivity contribution in [2.75, 3.05) is 13.1 Å². The van der Waals surface area contributed by atoms with E-state index in [0.717, 1.165) is 5.92 Å². The van der Waals surface area contributed by atoms with Crippen LogP contribution in [-0.4, -0.2) is 24.0 Å². The Morgan fingerprint density at radius 3 is 2.90 bits per heavy atom. The van der Waals surface area contributed by atoms with Crippen LogP contribution >= 0.6 is 11.3 Å². The minimum absolute atomic E-state index is 0.365. The van der Waals surface area contributed by atoms with Crippen molar-refractivity contribution < 1.29 is 0 Å². The lowest BCUT2D eigenvalue weighted by Gasteiger charge is -2.41. The summed E-state index contributed by atoms with van der Waals surface area (Å²) in [6, 6.07) is 9.70. The molecule has 3 rings (SSSR count). The quantitative estimate of drug-likeness (QED) is 0.924. The van der Waals surface area contributed by atoms with Gasteiger partial charge in [0.05, 0.1) is 0 Å². The molecule has 2 heterocycles. The van der Waals surface area contributed by atoms with Crippen LogP contribution in [0.5, 0.6) is 0 Å². The molecule has 3 atom stereocenters.